The summed E-state index contributed by atoms with van der Waals surface area (Å²) in [7, 11) is 0. The van der Waals surface area contributed by atoms with Crippen molar-refractivity contribution in [1.29, 1.82) is 5.41 Å². The first kappa shape index (κ1) is 8.62. The van der Waals surface area contributed by atoms with E-state index in [2.05, 4.69) is 17.9 Å². The van der Waals surface area contributed by atoms with Gasteiger partial charge in [0, 0.05) is 6.54 Å². The van der Waals surface area contributed by atoms with Gasteiger partial charge in [0.25, 0.3) is 0 Å². The van der Waals surface area contributed by atoms with Gasteiger partial charge in [-0.1, -0.05) is 0 Å². The van der Waals surface area contributed by atoms with Crippen molar-refractivity contribution in [2.45, 2.75) is 12.8 Å². The minimum Gasteiger partial charge on any atom is -0.370 e. The highest BCUT2D eigenvalue weighted by Gasteiger charge is 1.85. The zero-order chi connectivity index (χ0) is 7.11. The monoisotopic (exact) mass is 147 g/mol. The van der Waals surface area contributed by atoms with Crippen LogP contribution in [0.15, 0.2) is 0 Å². The minimum absolute atomic E-state index is 0.0502. The molecule has 0 rings (SSSR count). The molecule has 0 aliphatic carbocycles. The predicted molar refractivity (Wildman–Crippen MR) is 43.0 cm³/mol. The molecule has 4 heteroatoms. The Morgan fingerprint density at radius 2 is 2.22 bits per heavy atom. The molecular weight excluding hydrogens is 134 g/mol. The molecule has 0 amide bonds. The number of guanidine groups is 1. The molecule has 9 heavy (non-hydrogen) atoms. The highest BCUT2D eigenvalue weighted by atomic mass is 32.1. The van der Waals surface area contributed by atoms with Crippen LogP contribution in [0, 0.1) is 5.41 Å². The van der Waals surface area contributed by atoms with E-state index >= 15 is 0 Å². The molecule has 0 fully saturated rings. The average molecular weight is 147 g/mol. The summed E-state index contributed by atoms with van der Waals surface area (Å²) < 4.78 is 0. The molecule has 0 saturated heterocycles. The summed E-state index contributed by atoms with van der Waals surface area (Å²) in [5.74, 6) is 0.953. The molecule has 0 radical (unpaired) electrons. The van der Waals surface area contributed by atoms with Gasteiger partial charge in [0.2, 0.25) is 0 Å². The van der Waals surface area contributed by atoms with Crippen LogP contribution in [0.3, 0.4) is 0 Å². The van der Waals surface area contributed by atoms with Gasteiger partial charge in [-0.25, -0.2) is 0 Å². The van der Waals surface area contributed by atoms with Crippen molar-refractivity contribution in [3.05, 3.63) is 0 Å². The largest absolute Gasteiger partial charge is 0.370 e. The summed E-state index contributed by atoms with van der Waals surface area (Å²) in [5, 5.41) is 9.48. The third-order valence-electron chi connectivity index (χ3n) is 0.900. The Morgan fingerprint density at radius 3 is 2.67 bits per heavy atom. The van der Waals surface area contributed by atoms with Crippen molar-refractivity contribution in [2.75, 3.05) is 12.3 Å². The van der Waals surface area contributed by atoms with Crippen LogP contribution in [0.25, 0.3) is 0 Å². The van der Waals surface area contributed by atoms with Gasteiger partial charge >= 0.3 is 0 Å². The van der Waals surface area contributed by atoms with Gasteiger partial charge in [0.05, 0.1) is 0 Å². The average Bonchev–Trinajstić information content (AvgIpc) is 1.80. The fourth-order valence-corrected chi connectivity index (χ4v) is 0.683. The molecule has 0 aliphatic heterocycles. The van der Waals surface area contributed by atoms with E-state index in [1.54, 1.807) is 0 Å². The Kier molecular flexibility index (Phi) is 5.51. The van der Waals surface area contributed by atoms with E-state index in [0.29, 0.717) is 0 Å². The van der Waals surface area contributed by atoms with Crippen LogP contribution in [0.4, 0.5) is 0 Å². The summed E-state index contributed by atoms with van der Waals surface area (Å²) in [4.78, 5) is 0. The van der Waals surface area contributed by atoms with Crippen molar-refractivity contribution >= 4 is 18.6 Å². The first-order valence-electron chi connectivity index (χ1n) is 2.96. The molecule has 0 saturated carbocycles. The molecule has 0 spiro atoms. The molecule has 0 bridgehead atoms. The van der Waals surface area contributed by atoms with Crippen molar-refractivity contribution in [3.63, 3.8) is 0 Å². The SMILES string of the molecule is N=C(N)NCCCCS. The van der Waals surface area contributed by atoms with Gasteiger partial charge in [0.15, 0.2) is 5.96 Å². The lowest BCUT2D eigenvalue weighted by Gasteiger charge is -2.00. The molecule has 0 unspecified atom stereocenters. The van der Waals surface area contributed by atoms with E-state index in [4.69, 9.17) is 11.1 Å². The maximum Gasteiger partial charge on any atom is 0.185 e. The van der Waals surface area contributed by atoms with Crippen LogP contribution in [0.2, 0.25) is 0 Å². The third kappa shape index (κ3) is 7.62. The normalized spacial score (nSPS) is 9.00. The van der Waals surface area contributed by atoms with Crippen molar-refractivity contribution in [2.24, 2.45) is 5.73 Å². The van der Waals surface area contributed by atoms with Crippen molar-refractivity contribution in [1.82, 2.24) is 5.32 Å². The molecule has 0 aromatic rings. The highest BCUT2D eigenvalue weighted by Crippen LogP contribution is 1.87. The maximum absolute atomic E-state index is 6.78. The molecule has 0 heterocycles. The fraction of sp³-hybridized carbons (Fsp3) is 0.800. The van der Waals surface area contributed by atoms with Gasteiger partial charge in [-0.05, 0) is 18.6 Å². The topological polar surface area (TPSA) is 61.9 Å². The van der Waals surface area contributed by atoms with E-state index in [1.807, 2.05) is 0 Å². The lowest BCUT2D eigenvalue weighted by Crippen LogP contribution is -2.30. The number of hydrogen-bond donors (Lipinski definition) is 4. The molecule has 3 nitrogen and oxygen atoms in total. The number of thiol groups is 1. The molecule has 0 aliphatic rings. The van der Waals surface area contributed by atoms with E-state index in [1.165, 1.54) is 0 Å². The Morgan fingerprint density at radius 1 is 1.56 bits per heavy atom. The zero-order valence-corrected chi connectivity index (χ0v) is 6.25. The molecule has 0 aromatic carbocycles. The quantitative estimate of drug-likeness (QED) is 0.198. The van der Waals surface area contributed by atoms with Crippen LogP contribution < -0.4 is 11.1 Å². The number of unbranched alkanes of at least 4 members (excludes halogenated alkanes) is 1. The number of hydrogen-bond acceptors (Lipinski definition) is 2. The van der Waals surface area contributed by atoms with E-state index in [9.17, 15) is 0 Å². The third-order valence-corrected chi connectivity index (χ3v) is 1.22. The molecule has 54 valence electrons. The number of nitrogens with two attached hydrogens (primary N) is 1. The Labute approximate surface area is 60.9 Å². The second-order valence-corrected chi connectivity index (χ2v) is 2.22. The van der Waals surface area contributed by atoms with Crippen LogP contribution in [0.5, 0.6) is 0 Å². The summed E-state index contributed by atoms with van der Waals surface area (Å²) >= 11 is 4.03. The van der Waals surface area contributed by atoms with Gasteiger partial charge in [-0.15, -0.1) is 0 Å². The number of nitrogens with one attached hydrogen (secondary N) is 2. The fourth-order valence-electron chi connectivity index (χ4n) is 0.460. The Bertz CT molecular complexity index is 84.3. The molecule has 4 N–H and O–H groups in total. The maximum atomic E-state index is 6.78. The van der Waals surface area contributed by atoms with Crippen LogP contribution in [-0.4, -0.2) is 18.3 Å². The van der Waals surface area contributed by atoms with Gasteiger partial charge in [-0.3, -0.25) is 5.41 Å². The van der Waals surface area contributed by atoms with E-state index < -0.39 is 0 Å². The molecule has 0 aromatic heterocycles. The standard InChI is InChI=1S/C5H13N3S/c6-5(7)8-3-1-2-4-9/h9H,1-4H2,(H4,6,7,8). The first-order valence-corrected chi connectivity index (χ1v) is 3.59. The van der Waals surface area contributed by atoms with Gasteiger partial charge in [-0.2, -0.15) is 12.6 Å². The number of rotatable bonds is 4. The first-order chi connectivity index (χ1) is 4.27. The van der Waals surface area contributed by atoms with Gasteiger partial charge in [0.1, 0.15) is 0 Å². The summed E-state index contributed by atoms with van der Waals surface area (Å²) in [6.45, 7) is 0.788. The van der Waals surface area contributed by atoms with Gasteiger partial charge < -0.3 is 11.1 Å². The second kappa shape index (κ2) is 5.75. The Hall–Kier alpha value is -0.380. The smallest absolute Gasteiger partial charge is 0.185 e. The Balaban J connectivity index is 2.83. The molecule has 0 atom stereocenters. The van der Waals surface area contributed by atoms with Crippen LogP contribution in [0.1, 0.15) is 12.8 Å². The predicted octanol–water partition coefficient (Wildman–Crippen LogP) is 0.179. The second-order valence-electron chi connectivity index (χ2n) is 1.77. The summed E-state index contributed by atoms with van der Waals surface area (Å²) in [5.41, 5.74) is 5.03. The van der Waals surface area contributed by atoms with E-state index in [-0.39, 0.29) is 5.96 Å². The summed E-state index contributed by atoms with van der Waals surface area (Å²) in [6.07, 6.45) is 2.10. The van der Waals surface area contributed by atoms with Crippen LogP contribution in [-0.2, 0) is 0 Å². The minimum atomic E-state index is 0.0502. The zero-order valence-electron chi connectivity index (χ0n) is 5.35. The highest BCUT2D eigenvalue weighted by molar-refractivity contribution is 7.80. The molecular formula is C5H13N3S. The lowest BCUT2D eigenvalue weighted by atomic mass is 10.3. The van der Waals surface area contributed by atoms with Crippen molar-refractivity contribution in [3.8, 4) is 0 Å². The van der Waals surface area contributed by atoms with Crippen molar-refractivity contribution < 1.29 is 0 Å². The lowest BCUT2D eigenvalue weighted by molar-refractivity contribution is 0.755. The van der Waals surface area contributed by atoms with Crippen LogP contribution >= 0.6 is 12.6 Å². The summed E-state index contributed by atoms with van der Waals surface area (Å²) in [6, 6.07) is 0. The van der Waals surface area contributed by atoms with E-state index in [0.717, 1.165) is 25.1 Å².